The first-order valence-corrected chi connectivity index (χ1v) is 10.7. The van der Waals surface area contributed by atoms with Crippen molar-refractivity contribution in [3.05, 3.63) is 22.4 Å². The van der Waals surface area contributed by atoms with Crippen LogP contribution in [0.5, 0.6) is 0 Å². The normalized spacial score (nSPS) is 24.5. The molecule has 0 bridgehead atoms. The zero-order chi connectivity index (χ0) is 20.1. The molecule has 1 aliphatic rings. The van der Waals surface area contributed by atoms with Gasteiger partial charge in [0.2, 0.25) is 0 Å². The molecule has 2 heterocycles. The second-order valence-corrected chi connectivity index (χ2v) is 9.22. The summed E-state index contributed by atoms with van der Waals surface area (Å²) in [7, 11) is 0. The van der Waals surface area contributed by atoms with Gasteiger partial charge in [0, 0.05) is 30.1 Å². The molecule has 0 saturated carbocycles. The fraction of sp³-hybridized carbons (Fsp3) is 0.750. The number of hydrogen-bond acceptors (Lipinski definition) is 5. The van der Waals surface area contributed by atoms with Crippen LogP contribution in [0.25, 0.3) is 0 Å². The molecule has 1 aliphatic heterocycles. The number of nitrogens with one attached hydrogen (secondary N) is 2. The predicted molar refractivity (Wildman–Crippen MR) is 114 cm³/mol. The molecule has 0 aromatic carbocycles. The van der Waals surface area contributed by atoms with Crippen molar-refractivity contribution in [2.24, 2.45) is 4.99 Å². The molecule has 1 aromatic rings. The van der Waals surface area contributed by atoms with Gasteiger partial charge < -0.3 is 20.5 Å². The summed E-state index contributed by atoms with van der Waals surface area (Å²) in [6, 6.07) is 3.92. The van der Waals surface area contributed by atoms with Crippen molar-refractivity contribution in [3.8, 4) is 0 Å². The van der Waals surface area contributed by atoms with Gasteiger partial charge >= 0.3 is 0 Å². The van der Waals surface area contributed by atoms with Gasteiger partial charge in [0.05, 0.1) is 25.3 Å². The molecule has 0 radical (unpaired) electrons. The van der Waals surface area contributed by atoms with Crippen LogP contribution >= 0.6 is 11.3 Å². The van der Waals surface area contributed by atoms with Gasteiger partial charge in [-0.3, -0.25) is 9.89 Å². The molecule has 0 aliphatic carbocycles. The monoisotopic (exact) mass is 396 g/mol. The maximum Gasteiger partial charge on any atom is 0.191 e. The van der Waals surface area contributed by atoms with Gasteiger partial charge in [-0.15, -0.1) is 11.3 Å². The highest BCUT2D eigenvalue weighted by molar-refractivity contribution is 7.10. The van der Waals surface area contributed by atoms with Crippen LogP contribution in [0, 0.1) is 0 Å². The minimum absolute atomic E-state index is 0.0646. The smallest absolute Gasteiger partial charge is 0.191 e. The molecule has 0 amide bonds. The first-order chi connectivity index (χ1) is 12.6. The number of nitrogens with zero attached hydrogens (tertiary/aromatic N) is 2. The van der Waals surface area contributed by atoms with E-state index in [1.54, 1.807) is 11.3 Å². The topological polar surface area (TPSA) is 69.1 Å². The Hall–Kier alpha value is -1.15. The average Bonchev–Trinajstić information content (AvgIpc) is 3.12. The fourth-order valence-corrected chi connectivity index (χ4v) is 4.10. The van der Waals surface area contributed by atoms with Gasteiger partial charge in [-0.05, 0) is 53.0 Å². The largest absolute Gasteiger partial charge is 0.383 e. The quantitative estimate of drug-likeness (QED) is 0.488. The lowest BCUT2D eigenvalue weighted by Gasteiger charge is -2.44. The highest BCUT2D eigenvalue weighted by atomic mass is 32.1. The van der Waals surface area contributed by atoms with Crippen LogP contribution in [0.4, 0.5) is 0 Å². The second kappa shape index (κ2) is 9.37. The number of aliphatic hydroxyl groups is 1. The molecular formula is C20H36N4O2S. The van der Waals surface area contributed by atoms with E-state index >= 15 is 0 Å². The molecule has 3 unspecified atom stereocenters. The first kappa shape index (κ1) is 22.1. The van der Waals surface area contributed by atoms with Crippen molar-refractivity contribution >= 4 is 17.3 Å². The number of morpholine rings is 1. The van der Waals surface area contributed by atoms with E-state index in [1.807, 2.05) is 31.4 Å². The van der Waals surface area contributed by atoms with Crippen LogP contribution in [0.2, 0.25) is 0 Å². The summed E-state index contributed by atoms with van der Waals surface area (Å²) in [5, 5.41) is 19.3. The van der Waals surface area contributed by atoms with Crippen molar-refractivity contribution in [3.63, 3.8) is 0 Å². The number of ether oxygens (including phenoxy) is 1. The number of thiophene rings is 1. The Morgan fingerprint density at radius 3 is 2.52 bits per heavy atom. The molecule has 1 saturated heterocycles. The van der Waals surface area contributed by atoms with Crippen LogP contribution in [0.3, 0.4) is 0 Å². The Morgan fingerprint density at radius 2 is 1.96 bits per heavy atom. The number of aliphatic imine (C=N–C) groups is 1. The Balaban J connectivity index is 1.99. The lowest BCUT2D eigenvalue weighted by molar-refractivity contribution is -0.0939. The lowest BCUT2D eigenvalue weighted by Crippen LogP contribution is -2.56. The van der Waals surface area contributed by atoms with Crippen molar-refractivity contribution in [2.45, 2.75) is 64.9 Å². The molecule has 3 atom stereocenters. The Kier molecular flexibility index (Phi) is 7.68. The van der Waals surface area contributed by atoms with Gasteiger partial charge in [-0.2, -0.15) is 0 Å². The predicted octanol–water partition coefficient (Wildman–Crippen LogP) is 2.40. The molecule has 2 rings (SSSR count). The van der Waals surface area contributed by atoms with E-state index in [0.29, 0.717) is 13.1 Å². The molecule has 7 heteroatoms. The molecule has 6 nitrogen and oxygen atoms in total. The van der Waals surface area contributed by atoms with Gasteiger partial charge in [0.15, 0.2) is 5.96 Å². The van der Waals surface area contributed by atoms with Crippen LogP contribution in [0.1, 0.15) is 46.4 Å². The molecule has 1 fully saturated rings. The highest BCUT2D eigenvalue weighted by Crippen LogP contribution is 2.24. The minimum Gasteiger partial charge on any atom is -0.383 e. The lowest BCUT2D eigenvalue weighted by atomic mass is 10.0. The van der Waals surface area contributed by atoms with E-state index in [9.17, 15) is 5.11 Å². The van der Waals surface area contributed by atoms with Gasteiger partial charge in [-0.1, -0.05) is 6.07 Å². The van der Waals surface area contributed by atoms with E-state index < -0.39 is 5.60 Å². The molecular weight excluding hydrogens is 360 g/mol. The molecule has 0 spiro atoms. The van der Waals surface area contributed by atoms with Gasteiger partial charge in [0.25, 0.3) is 0 Å². The second-order valence-electron chi connectivity index (χ2n) is 8.27. The molecule has 27 heavy (non-hydrogen) atoms. The molecule has 3 N–H and O–H groups in total. The van der Waals surface area contributed by atoms with Gasteiger partial charge in [0.1, 0.15) is 5.60 Å². The van der Waals surface area contributed by atoms with Crippen molar-refractivity contribution in [1.29, 1.82) is 0 Å². The summed E-state index contributed by atoms with van der Waals surface area (Å²) in [5.41, 5.74) is -0.986. The van der Waals surface area contributed by atoms with E-state index in [1.165, 1.54) is 0 Å². The first-order valence-electron chi connectivity index (χ1n) is 9.83. The summed E-state index contributed by atoms with van der Waals surface area (Å²) < 4.78 is 5.86. The summed E-state index contributed by atoms with van der Waals surface area (Å²) in [6.07, 6.45) is 0.480. The van der Waals surface area contributed by atoms with Crippen LogP contribution in [-0.2, 0) is 10.3 Å². The van der Waals surface area contributed by atoms with Crippen LogP contribution in [0.15, 0.2) is 22.5 Å². The van der Waals surface area contributed by atoms with Crippen molar-refractivity contribution in [2.75, 3.05) is 32.7 Å². The maximum absolute atomic E-state index is 10.7. The third-order valence-corrected chi connectivity index (χ3v) is 6.02. The minimum atomic E-state index is -0.922. The van der Waals surface area contributed by atoms with Crippen molar-refractivity contribution in [1.82, 2.24) is 15.5 Å². The summed E-state index contributed by atoms with van der Waals surface area (Å²) in [4.78, 5) is 8.20. The third kappa shape index (κ3) is 6.45. The number of hydrogen-bond donors (Lipinski definition) is 3. The third-order valence-electron chi connectivity index (χ3n) is 4.90. The Morgan fingerprint density at radius 1 is 1.30 bits per heavy atom. The van der Waals surface area contributed by atoms with E-state index in [2.05, 4.69) is 43.2 Å². The average molecular weight is 397 g/mol. The van der Waals surface area contributed by atoms with E-state index in [0.717, 1.165) is 30.5 Å². The zero-order valence-electron chi connectivity index (χ0n) is 17.6. The zero-order valence-corrected chi connectivity index (χ0v) is 18.4. The Bertz CT molecular complexity index is 591. The molecule has 154 valence electrons. The SMILES string of the molecule is CCNC(=NCC(C)(C)N1CC(C)OC(C)C1)NCC(C)(O)c1cccs1. The standard InChI is InChI=1S/C20H36N4O2S/c1-7-21-18(23-14-20(6,25)17-9-8-10-27-17)22-13-19(4,5)24-11-15(2)26-16(3)12-24/h8-10,15-16,25H,7,11-14H2,1-6H3,(H2,21,22,23). The van der Waals surface area contributed by atoms with Crippen molar-refractivity contribution < 1.29 is 9.84 Å². The summed E-state index contributed by atoms with van der Waals surface area (Å²) in [6.45, 7) is 16.3. The fourth-order valence-electron chi connectivity index (χ4n) is 3.31. The molecule has 1 aromatic heterocycles. The van der Waals surface area contributed by atoms with Crippen LogP contribution < -0.4 is 10.6 Å². The number of rotatable bonds is 7. The maximum atomic E-state index is 10.7. The highest BCUT2D eigenvalue weighted by Gasteiger charge is 2.33. The van der Waals surface area contributed by atoms with E-state index in [4.69, 9.17) is 9.73 Å². The Labute approximate surface area is 168 Å². The number of guanidine groups is 1. The van der Waals surface area contributed by atoms with Crippen LogP contribution in [-0.4, -0.2) is 66.4 Å². The summed E-state index contributed by atoms with van der Waals surface area (Å²) >= 11 is 1.56. The summed E-state index contributed by atoms with van der Waals surface area (Å²) in [5.74, 6) is 0.733. The van der Waals surface area contributed by atoms with E-state index in [-0.39, 0.29) is 17.7 Å². The van der Waals surface area contributed by atoms with Gasteiger partial charge in [-0.25, -0.2) is 0 Å².